The summed E-state index contributed by atoms with van der Waals surface area (Å²) in [4.78, 5) is 0. The van der Waals surface area contributed by atoms with Gasteiger partial charge in [-0.15, -0.1) is 6.58 Å². The fraction of sp³-hybridized carbons (Fsp3) is 0.467. The number of aliphatic hydroxyl groups excluding tert-OH is 1. The Balaban J connectivity index is 2.23. The zero-order valence-corrected chi connectivity index (χ0v) is 11.1. The largest absolute Gasteiger partial charge is 0.497 e. The highest BCUT2D eigenvalue weighted by molar-refractivity contribution is 5.26. The minimum atomic E-state index is -0.377. The highest BCUT2D eigenvalue weighted by Crippen LogP contribution is 2.12. The third kappa shape index (κ3) is 4.90. The molecule has 1 rings (SSSR count). The van der Waals surface area contributed by atoms with Crippen LogP contribution in [0.2, 0.25) is 0 Å². The molecule has 0 amide bonds. The minimum absolute atomic E-state index is 0.106. The van der Waals surface area contributed by atoms with Crippen LogP contribution in [0.15, 0.2) is 36.9 Å². The lowest BCUT2D eigenvalue weighted by atomic mass is 10.0. The molecular weight excluding hydrogens is 228 g/mol. The van der Waals surface area contributed by atoms with Crippen molar-refractivity contribution in [1.29, 1.82) is 0 Å². The number of rotatable bonds is 8. The van der Waals surface area contributed by atoms with Crippen LogP contribution in [0.25, 0.3) is 0 Å². The minimum Gasteiger partial charge on any atom is -0.497 e. The van der Waals surface area contributed by atoms with Gasteiger partial charge in [0.15, 0.2) is 0 Å². The Morgan fingerprint density at radius 3 is 2.56 bits per heavy atom. The lowest BCUT2D eigenvalue weighted by Gasteiger charge is -2.14. The average Bonchev–Trinajstić information content (AvgIpc) is 2.43. The monoisotopic (exact) mass is 250 g/mol. The predicted octanol–water partition coefficient (Wildman–Crippen LogP) is 2.78. The van der Waals surface area contributed by atoms with E-state index in [0.717, 1.165) is 11.3 Å². The Morgan fingerprint density at radius 2 is 2.00 bits per heavy atom. The van der Waals surface area contributed by atoms with Crippen molar-refractivity contribution in [3.05, 3.63) is 42.5 Å². The normalized spacial score (nSPS) is 13.9. The molecule has 18 heavy (non-hydrogen) atoms. The molecule has 0 unspecified atom stereocenters. The summed E-state index contributed by atoms with van der Waals surface area (Å²) in [6.07, 6.45) is 2.01. The van der Waals surface area contributed by atoms with Crippen molar-refractivity contribution in [3.8, 4) is 5.75 Å². The lowest BCUT2D eigenvalue weighted by molar-refractivity contribution is 0.0590. The van der Waals surface area contributed by atoms with Crippen LogP contribution in [0, 0.1) is 5.92 Å². The standard InChI is InChI=1S/C15H22O3/c1-4-12(2)15(16)9-10-18-11-13-5-7-14(17-3)8-6-13/h4-8,12,15-16H,1,9-11H2,2-3H3/t12-,15-/m0/s1. The molecule has 1 aromatic rings. The molecule has 3 nitrogen and oxygen atoms in total. The van der Waals surface area contributed by atoms with E-state index >= 15 is 0 Å². The Morgan fingerprint density at radius 1 is 1.33 bits per heavy atom. The zero-order chi connectivity index (χ0) is 13.4. The van der Waals surface area contributed by atoms with E-state index in [1.54, 1.807) is 13.2 Å². The molecule has 0 aromatic heterocycles. The van der Waals surface area contributed by atoms with Gasteiger partial charge in [0.1, 0.15) is 5.75 Å². The molecule has 2 atom stereocenters. The predicted molar refractivity (Wildman–Crippen MR) is 72.6 cm³/mol. The van der Waals surface area contributed by atoms with Crippen LogP contribution < -0.4 is 4.74 Å². The molecule has 0 bridgehead atoms. The smallest absolute Gasteiger partial charge is 0.118 e. The fourth-order valence-corrected chi connectivity index (χ4v) is 1.54. The summed E-state index contributed by atoms with van der Waals surface area (Å²) in [6.45, 7) is 6.71. The van der Waals surface area contributed by atoms with E-state index < -0.39 is 0 Å². The van der Waals surface area contributed by atoms with Gasteiger partial charge < -0.3 is 14.6 Å². The number of aliphatic hydroxyl groups is 1. The van der Waals surface area contributed by atoms with E-state index in [-0.39, 0.29) is 12.0 Å². The van der Waals surface area contributed by atoms with Gasteiger partial charge in [-0.3, -0.25) is 0 Å². The second-order valence-electron chi connectivity index (χ2n) is 4.35. The maximum absolute atomic E-state index is 9.72. The highest BCUT2D eigenvalue weighted by atomic mass is 16.5. The van der Waals surface area contributed by atoms with E-state index in [1.165, 1.54) is 0 Å². The summed E-state index contributed by atoms with van der Waals surface area (Å²) in [5, 5.41) is 9.72. The summed E-state index contributed by atoms with van der Waals surface area (Å²) in [5.74, 6) is 0.948. The van der Waals surface area contributed by atoms with Crippen LogP contribution in [0.1, 0.15) is 18.9 Å². The van der Waals surface area contributed by atoms with E-state index in [0.29, 0.717) is 19.6 Å². The Kier molecular flexibility index (Phi) is 6.47. The zero-order valence-electron chi connectivity index (χ0n) is 11.1. The Bertz CT molecular complexity index is 345. The van der Waals surface area contributed by atoms with Crippen LogP contribution in [-0.4, -0.2) is 24.9 Å². The van der Waals surface area contributed by atoms with Gasteiger partial charge in [-0.05, 0) is 30.0 Å². The van der Waals surface area contributed by atoms with Crippen molar-refractivity contribution < 1.29 is 14.6 Å². The third-order valence-corrected chi connectivity index (χ3v) is 2.96. The summed E-state index contributed by atoms with van der Waals surface area (Å²) >= 11 is 0. The quantitative estimate of drug-likeness (QED) is 0.569. The van der Waals surface area contributed by atoms with Crippen molar-refractivity contribution in [1.82, 2.24) is 0 Å². The highest BCUT2D eigenvalue weighted by Gasteiger charge is 2.09. The molecule has 3 heteroatoms. The lowest BCUT2D eigenvalue weighted by Crippen LogP contribution is -2.17. The van der Waals surface area contributed by atoms with Crippen molar-refractivity contribution in [2.24, 2.45) is 5.92 Å². The van der Waals surface area contributed by atoms with Gasteiger partial charge in [0.25, 0.3) is 0 Å². The summed E-state index contributed by atoms with van der Waals surface area (Å²) in [7, 11) is 1.65. The molecule has 100 valence electrons. The van der Waals surface area contributed by atoms with Gasteiger partial charge in [-0.1, -0.05) is 25.1 Å². The van der Waals surface area contributed by atoms with Gasteiger partial charge >= 0.3 is 0 Å². The Labute approximate surface area is 109 Å². The SMILES string of the molecule is C=C[C@H](C)[C@@H](O)CCOCc1ccc(OC)cc1. The van der Waals surface area contributed by atoms with E-state index in [9.17, 15) is 5.11 Å². The van der Waals surface area contributed by atoms with Crippen molar-refractivity contribution in [2.45, 2.75) is 26.1 Å². The maximum atomic E-state index is 9.72. The van der Waals surface area contributed by atoms with Crippen LogP contribution in [-0.2, 0) is 11.3 Å². The molecule has 0 fully saturated rings. The molecule has 1 N–H and O–H groups in total. The van der Waals surface area contributed by atoms with Crippen molar-refractivity contribution in [2.75, 3.05) is 13.7 Å². The molecule has 1 aromatic carbocycles. The summed E-state index contributed by atoms with van der Waals surface area (Å²) in [6, 6.07) is 7.77. The van der Waals surface area contributed by atoms with Gasteiger partial charge in [0.2, 0.25) is 0 Å². The molecule has 0 aliphatic heterocycles. The van der Waals surface area contributed by atoms with Gasteiger partial charge in [0, 0.05) is 6.61 Å². The summed E-state index contributed by atoms with van der Waals surface area (Å²) in [5.41, 5.74) is 1.10. The number of methoxy groups -OCH3 is 1. The van der Waals surface area contributed by atoms with E-state index in [4.69, 9.17) is 9.47 Å². The molecular formula is C15H22O3. The summed E-state index contributed by atoms with van der Waals surface area (Å²) < 4.78 is 10.6. The molecule has 0 radical (unpaired) electrons. The number of benzene rings is 1. The first-order valence-electron chi connectivity index (χ1n) is 6.18. The molecule has 0 aliphatic carbocycles. The second-order valence-corrected chi connectivity index (χ2v) is 4.35. The first-order chi connectivity index (χ1) is 8.67. The number of ether oxygens (including phenoxy) is 2. The van der Waals surface area contributed by atoms with Gasteiger partial charge in [-0.2, -0.15) is 0 Å². The maximum Gasteiger partial charge on any atom is 0.118 e. The number of hydrogen-bond acceptors (Lipinski definition) is 3. The van der Waals surface area contributed by atoms with E-state index in [2.05, 4.69) is 6.58 Å². The number of hydrogen-bond donors (Lipinski definition) is 1. The first kappa shape index (κ1) is 14.7. The van der Waals surface area contributed by atoms with Crippen LogP contribution in [0.5, 0.6) is 5.75 Å². The van der Waals surface area contributed by atoms with Crippen molar-refractivity contribution in [3.63, 3.8) is 0 Å². The molecule has 0 spiro atoms. The van der Waals surface area contributed by atoms with E-state index in [1.807, 2.05) is 31.2 Å². The molecule has 0 aliphatic rings. The first-order valence-corrected chi connectivity index (χ1v) is 6.18. The van der Waals surface area contributed by atoms with Gasteiger partial charge in [-0.25, -0.2) is 0 Å². The average molecular weight is 250 g/mol. The topological polar surface area (TPSA) is 38.7 Å². The van der Waals surface area contributed by atoms with Crippen LogP contribution in [0.3, 0.4) is 0 Å². The van der Waals surface area contributed by atoms with Crippen molar-refractivity contribution >= 4 is 0 Å². The Hall–Kier alpha value is -1.32. The fourth-order valence-electron chi connectivity index (χ4n) is 1.54. The van der Waals surface area contributed by atoms with Crippen LogP contribution in [0.4, 0.5) is 0 Å². The van der Waals surface area contributed by atoms with Gasteiger partial charge in [0.05, 0.1) is 19.8 Å². The second kappa shape index (κ2) is 7.90. The third-order valence-electron chi connectivity index (χ3n) is 2.96. The molecule has 0 saturated heterocycles. The van der Waals surface area contributed by atoms with Crippen LogP contribution >= 0.6 is 0 Å². The molecule has 0 saturated carbocycles. The molecule has 0 heterocycles.